The maximum atomic E-state index is 5.04. The van der Waals surface area contributed by atoms with Crippen LogP contribution in [0.3, 0.4) is 0 Å². The van der Waals surface area contributed by atoms with Crippen molar-refractivity contribution in [2.24, 2.45) is 17.8 Å². The van der Waals surface area contributed by atoms with E-state index in [1.54, 1.807) is 0 Å². The first kappa shape index (κ1) is 18.3. The highest BCUT2D eigenvalue weighted by Crippen LogP contribution is 2.43. The third-order valence-electron chi connectivity index (χ3n) is 6.14. The molecule has 1 aliphatic rings. The first-order valence-electron chi connectivity index (χ1n) is 9.43. The summed E-state index contributed by atoms with van der Waals surface area (Å²) in [6, 6.07) is 2.82. The number of hydrogen-bond donors (Lipinski definition) is 0. The third kappa shape index (κ3) is 3.41. The smallest absolute Gasteiger partial charge is 0.0673 e. The van der Waals surface area contributed by atoms with E-state index in [9.17, 15) is 0 Å². The predicted octanol–water partition coefficient (Wildman–Crippen LogP) is 5.75. The molecule has 1 aromatic heterocycles. The van der Waals surface area contributed by atoms with Crippen molar-refractivity contribution in [2.45, 2.75) is 80.2 Å². The summed E-state index contributed by atoms with van der Waals surface area (Å²) in [7, 11) is 0. The Bertz CT molecular complexity index is 547. The van der Waals surface area contributed by atoms with Crippen LogP contribution in [-0.4, -0.2) is 17.6 Å². The van der Waals surface area contributed by atoms with E-state index in [0.717, 1.165) is 12.2 Å². The van der Waals surface area contributed by atoms with Gasteiger partial charge in [0.15, 0.2) is 0 Å². The number of aromatic nitrogens is 1. The minimum absolute atomic E-state index is 0.501. The normalized spacial score (nSPS) is 28.7. The zero-order valence-corrected chi connectivity index (χ0v) is 16.6. The van der Waals surface area contributed by atoms with E-state index >= 15 is 0 Å². The van der Waals surface area contributed by atoms with Crippen LogP contribution in [0.2, 0.25) is 0 Å². The fourth-order valence-corrected chi connectivity index (χ4v) is 4.05. The molecule has 23 heavy (non-hydrogen) atoms. The number of pyridine rings is 1. The van der Waals surface area contributed by atoms with Crippen LogP contribution in [0.1, 0.15) is 84.2 Å². The zero-order chi connectivity index (χ0) is 17.5. The molecule has 2 heteroatoms. The average Bonchev–Trinajstić information content (AvgIpc) is 2.48. The lowest BCUT2D eigenvalue weighted by Crippen LogP contribution is -2.42. The van der Waals surface area contributed by atoms with Crippen molar-refractivity contribution in [3.05, 3.63) is 23.0 Å². The van der Waals surface area contributed by atoms with E-state index in [-0.39, 0.29) is 0 Å². The summed E-state index contributed by atoms with van der Waals surface area (Å²) in [5, 5.41) is 0. The van der Waals surface area contributed by atoms with E-state index in [4.69, 9.17) is 4.98 Å². The van der Waals surface area contributed by atoms with Gasteiger partial charge in [-0.2, -0.15) is 0 Å². The predicted molar refractivity (Wildman–Crippen MR) is 101 cm³/mol. The van der Waals surface area contributed by atoms with Gasteiger partial charge < -0.3 is 4.90 Å². The fourth-order valence-electron chi connectivity index (χ4n) is 4.05. The molecule has 0 saturated heterocycles. The van der Waals surface area contributed by atoms with Crippen molar-refractivity contribution >= 4 is 5.69 Å². The van der Waals surface area contributed by atoms with Gasteiger partial charge in [-0.25, -0.2) is 0 Å². The Morgan fingerprint density at radius 2 is 1.65 bits per heavy atom. The fraction of sp³-hybridized carbons (Fsp3) is 0.762. The molecule has 0 radical (unpaired) electrons. The maximum Gasteiger partial charge on any atom is 0.0673 e. The van der Waals surface area contributed by atoms with Crippen LogP contribution >= 0.6 is 0 Å². The number of aryl methyl sites for hydroxylation is 1. The monoisotopic (exact) mass is 316 g/mol. The quantitative estimate of drug-likeness (QED) is 0.690. The molecule has 2 heterocycles. The Hall–Kier alpha value is -1.05. The van der Waals surface area contributed by atoms with Crippen molar-refractivity contribution in [3.63, 3.8) is 0 Å². The second-order valence-corrected chi connectivity index (χ2v) is 8.47. The van der Waals surface area contributed by atoms with Gasteiger partial charge in [-0.1, -0.05) is 41.5 Å². The van der Waals surface area contributed by atoms with Crippen molar-refractivity contribution < 1.29 is 0 Å². The molecule has 4 atom stereocenters. The number of fused-ring (bicyclic) bond motifs is 1. The summed E-state index contributed by atoms with van der Waals surface area (Å²) >= 11 is 0. The van der Waals surface area contributed by atoms with Crippen LogP contribution in [0.4, 0.5) is 5.69 Å². The highest BCUT2D eigenvalue weighted by atomic mass is 15.2. The first-order valence-corrected chi connectivity index (χ1v) is 9.43. The standard InChI is InChI=1S/C21H36N2/c1-12(2)19-10-15(6)22-20-18(9)17(8)16(7)14(5)11-23(13(3)4)21(19)20/h10,12-14,16-18H,11H2,1-9H3/t14-,16-,17-,18-/m0/s1. The topological polar surface area (TPSA) is 16.1 Å². The second kappa shape index (κ2) is 6.83. The van der Waals surface area contributed by atoms with E-state index < -0.39 is 0 Å². The lowest BCUT2D eigenvalue weighted by molar-refractivity contribution is 0.240. The van der Waals surface area contributed by atoms with E-state index in [2.05, 4.69) is 73.3 Å². The molecule has 0 amide bonds. The van der Waals surface area contributed by atoms with Crippen LogP contribution in [0.25, 0.3) is 0 Å². The minimum atomic E-state index is 0.501. The molecule has 1 aromatic rings. The van der Waals surface area contributed by atoms with Gasteiger partial charge in [-0.05, 0) is 56.1 Å². The van der Waals surface area contributed by atoms with E-state index in [1.165, 1.54) is 16.9 Å². The van der Waals surface area contributed by atoms with Crippen LogP contribution in [0, 0.1) is 24.7 Å². The highest BCUT2D eigenvalue weighted by molar-refractivity contribution is 5.61. The van der Waals surface area contributed by atoms with Gasteiger partial charge in [-0.15, -0.1) is 0 Å². The summed E-state index contributed by atoms with van der Waals surface area (Å²) in [5.41, 5.74) is 5.39. The van der Waals surface area contributed by atoms with Gasteiger partial charge in [0.1, 0.15) is 0 Å². The van der Waals surface area contributed by atoms with E-state index in [0.29, 0.717) is 35.6 Å². The number of rotatable bonds is 2. The van der Waals surface area contributed by atoms with Crippen molar-refractivity contribution in [3.8, 4) is 0 Å². The largest absolute Gasteiger partial charge is 0.367 e. The summed E-state index contributed by atoms with van der Waals surface area (Å²) < 4.78 is 0. The van der Waals surface area contributed by atoms with Crippen LogP contribution in [-0.2, 0) is 0 Å². The van der Waals surface area contributed by atoms with Crippen molar-refractivity contribution in [2.75, 3.05) is 11.4 Å². The molecule has 0 aromatic carbocycles. The molecule has 130 valence electrons. The van der Waals surface area contributed by atoms with E-state index in [1.807, 2.05) is 0 Å². The second-order valence-electron chi connectivity index (χ2n) is 8.47. The van der Waals surface area contributed by atoms with Gasteiger partial charge in [0.05, 0.1) is 11.4 Å². The lowest BCUT2D eigenvalue weighted by Gasteiger charge is -2.43. The molecule has 0 fully saturated rings. The Morgan fingerprint density at radius 3 is 2.17 bits per heavy atom. The minimum Gasteiger partial charge on any atom is -0.367 e. The molecule has 0 spiro atoms. The van der Waals surface area contributed by atoms with Crippen molar-refractivity contribution in [1.29, 1.82) is 0 Å². The SMILES string of the molecule is Cc1cc(C(C)C)c2c(n1)[C@@H](C)[C@@H](C)[C@@H](C)[C@@H](C)CN2C(C)C. The Labute approximate surface area is 143 Å². The van der Waals surface area contributed by atoms with Gasteiger partial charge in [-0.3, -0.25) is 4.98 Å². The number of hydrogen-bond acceptors (Lipinski definition) is 2. The molecular weight excluding hydrogens is 280 g/mol. The van der Waals surface area contributed by atoms with Gasteiger partial charge >= 0.3 is 0 Å². The molecule has 0 saturated carbocycles. The molecule has 2 nitrogen and oxygen atoms in total. The number of nitrogens with zero attached hydrogens (tertiary/aromatic N) is 2. The van der Waals surface area contributed by atoms with Gasteiger partial charge in [0, 0.05) is 24.2 Å². The first-order chi connectivity index (χ1) is 10.6. The molecule has 0 unspecified atom stereocenters. The Morgan fingerprint density at radius 1 is 1.04 bits per heavy atom. The van der Waals surface area contributed by atoms with Crippen LogP contribution in [0.15, 0.2) is 6.07 Å². The number of anilines is 1. The molecule has 0 N–H and O–H groups in total. The molecule has 1 aliphatic heterocycles. The summed E-state index contributed by atoms with van der Waals surface area (Å²) in [5.74, 6) is 3.10. The Kier molecular flexibility index (Phi) is 5.43. The Balaban J connectivity index is 2.73. The lowest BCUT2D eigenvalue weighted by atomic mass is 9.74. The molecule has 0 aliphatic carbocycles. The van der Waals surface area contributed by atoms with Crippen LogP contribution in [0.5, 0.6) is 0 Å². The molecular formula is C21H36N2. The average molecular weight is 317 g/mol. The highest BCUT2D eigenvalue weighted by Gasteiger charge is 2.34. The van der Waals surface area contributed by atoms with Crippen molar-refractivity contribution in [1.82, 2.24) is 4.98 Å². The summed E-state index contributed by atoms with van der Waals surface area (Å²) in [6.45, 7) is 22.2. The van der Waals surface area contributed by atoms with Gasteiger partial charge in [0.25, 0.3) is 0 Å². The summed E-state index contributed by atoms with van der Waals surface area (Å²) in [4.78, 5) is 7.67. The maximum absolute atomic E-state index is 5.04. The summed E-state index contributed by atoms with van der Waals surface area (Å²) in [6.07, 6.45) is 0. The van der Waals surface area contributed by atoms with Gasteiger partial charge in [0.2, 0.25) is 0 Å². The van der Waals surface area contributed by atoms with Crippen LogP contribution < -0.4 is 4.90 Å². The molecule has 2 rings (SSSR count). The molecule has 0 bridgehead atoms. The third-order valence-corrected chi connectivity index (χ3v) is 6.14. The zero-order valence-electron chi connectivity index (χ0n) is 16.6.